The average molecular weight is 388 g/mol. The molecule has 0 bridgehead atoms. The molecule has 8 heteroatoms. The molecule has 0 atom stereocenters. The van der Waals surface area contributed by atoms with Gasteiger partial charge in [0.2, 0.25) is 5.91 Å². The van der Waals surface area contributed by atoms with E-state index in [1.54, 1.807) is 24.3 Å². The van der Waals surface area contributed by atoms with Crippen molar-refractivity contribution in [2.45, 2.75) is 17.7 Å². The quantitative estimate of drug-likeness (QED) is 0.699. The minimum absolute atomic E-state index is 0.118. The van der Waals surface area contributed by atoms with Crippen LogP contribution in [0.3, 0.4) is 0 Å². The van der Waals surface area contributed by atoms with Crippen LogP contribution < -0.4 is 5.32 Å². The molecule has 1 aromatic heterocycles. The molecule has 2 aromatic carbocycles. The summed E-state index contributed by atoms with van der Waals surface area (Å²) in [4.78, 5) is 16.3. The summed E-state index contributed by atoms with van der Waals surface area (Å²) >= 11 is 0. The molecule has 1 heterocycles. The van der Waals surface area contributed by atoms with Gasteiger partial charge < -0.3 is 9.73 Å². The highest BCUT2D eigenvalue weighted by Crippen LogP contribution is 2.21. The summed E-state index contributed by atoms with van der Waals surface area (Å²) in [5.74, 6) is 0.248. The molecule has 0 radical (unpaired) electrons. The lowest BCUT2D eigenvalue weighted by molar-refractivity contribution is -0.116. The van der Waals surface area contributed by atoms with Crippen LogP contribution in [-0.2, 0) is 21.1 Å². The van der Waals surface area contributed by atoms with Crippen molar-refractivity contribution in [2.75, 3.05) is 11.6 Å². The minimum atomic E-state index is -3.34. The van der Waals surface area contributed by atoms with Gasteiger partial charge in [0.05, 0.1) is 11.1 Å². The number of nitrogens with one attached hydrogen (secondary N) is 1. The normalized spacial score (nSPS) is 11.3. The maximum absolute atomic E-state index is 13.0. The van der Waals surface area contributed by atoms with E-state index in [0.717, 1.165) is 6.26 Å². The molecule has 0 aliphatic heterocycles. The number of aryl methyl sites for hydroxylation is 1. The van der Waals surface area contributed by atoms with Gasteiger partial charge in [-0.1, -0.05) is 6.07 Å². The van der Waals surface area contributed by atoms with E-state index in [0.29, 0.717) is 22.9 Å². The smallest absolute Gasteiger partial charge is 0.224 e. The molecule has 140 valence electrons. The van der Waals surface area contributed by atoms with Gasteiger partial charge in [-0.2, -0.15) is 0 Å². The molecular formula is C19H17FN2O4S. The van der Waals surface area contributed by atoms with Gasteiger partial charge in [0.25, 0.3) is 0 Å². The topological polar surface area (TPSA) is 89.3 Å². The first-order chi connectivity index (χ1) is 12.8. The Balaban J connectivity index is 1.59. The van der Waals surface area contributed by atoms with Crippen LogP contribution in [0, 0.1) is 5.82 Å². The molecule has 1 N–H and O–H groups in total. The molecule has 3 aromatic rings. The van der Waals surface area contributed by atoms with Crippen molar-refractivity contribution < 1.29 is 22.0 Å². The van der Waals surface area contributed by atoms with Crippen molar-refractivity contribution in [3.05, 3.63) is 66.4 Å². The molecular weight excluding hydrogens is 371 g/mol. The Morgan fingerprint density at radius 2 is 1.93 bits per heavy atom. The van der Waals surface area contributed by atoms with Crippen molar-refractivity contribution in [3.8, 4) is 11.3 Å². The molecule has 1 amide bonds. The highest BCUT2D eigenvalue weighted by molar-refractivity contribution is 7.90. The van der Waals surface area contributed by atoms with E-state index in [4.69, 9.17) is 4.42 Å². The second kappa shape index (κ2) is 7.71. The van der Waals surface area contributed by atoms with E-state index in [9.17, 15) is 17.6 Å². The first-order valence-corrected chi connectivity index (χ1v) is 10.0. The van der Waals surface area contributed by atoms with Crippen molar-refractivity contribution >= 4 is 21.4 Å². The third kappa shape index (κ3) is 5.01. The van der Waals surface area contributed by atoms with E-state index in [1.807, 2.05) is 0 Å². The van der Waals surface area contributed by atoms with Crippen LogP contribution in [0.2, 0.25) is 0 Å². The number of anilines is 1. The Bertz CT molecular complexity index is 1060. The first-order valence-electron chi connectivity index (χ1n) is 8.12. The van der Waals surface area contributed by atoms with Gasteiger partial charge in [0.15, 0.2) is 21.5 Å². The standard InChI is InChI=1S/C19H17FN2O4S/c1-27(24,25)16-4-2-3-15(11-16)22-18(23)9-10-19-21-12-17(26-19)13-5-7-14(20)8-6-13/h2-8,11-12H,9-10H2,1H3,(H,22,23). The van der Waals surface area contributed by atoms with Crippen molar-refractivity contribution in [1.82, 2.24) is 4.98 Å². The highest BCUT2D eigenvalue weighted by Gasteiger charge is 2.11. The van der Waals surface area contributed by atoms with Gasteiger partial charge in [-0.25, -0.2) is 17.8 Å². The number of halogens is 1. The van der Waals surface area contributed by atoms with Gasteiger partial charge in [-0.05, 0) is 42.5 Å². The Morgan fingerprint density at radius 1 is 1.19 bits per heavy atom. The predicted molar refractivity (Wildman–Crippen MR) is 98.4 cm³/mol. The van der Waals surface area contributed by atoms with E-state index < -0.39 is 9.84 Å². The molecule has 0 fully saturated rings. The number of sulfone groups is 1. The fraction of sp³-hybridized carbons (Fsp3) is 0.158. The average Bonchev–Trinajstić information content (AvgIpc) is 3.09. The molecule has 0 saturated carbocycles. The van der Waals surface area contributed by atoms with Gasteiger partial charge in [-0.15, -0.1) is 0 Å². The summed E-state index contributed by atoms with van der Waals surface area (Å²) in [6.45, 7) is 0. The zero-order chi connectivity index (χ0) is 19.4. The molecule has 0 aliphatic carbocycles. The van der Waals surface area contributed by atoms with Gasteiger partial charge in [0, 0.05) is 30.3 Å². The van der Waals surface area contributed by atoms with E-state index in [1.165, 1.54) is 30.5 Å². The predicted octanol–water partition coefficient (Wildman–Crippen LogP) is 3.46. The third-order valence-electron chi connectivity index (χ3n) is 3.79. The van der Waals surface area contributed by atoms with E-state index in [2.05, 4.69) is 10.3 Å². The summed E-state index contributed by atoms with van der Waals surface area (Å²) in [5.41, 5.74) is 1.10. The lowest BCUT2D eigenvalue weighted by Crippen LogP contribution is -2.12. The van der Waals surface area contributed by atoms with Crippen LogP contribution in [0.15, 0.2) is 64.0 Å². The summed E-state index contributed by atoms with van der Waals surface area (Å²) in [6.07, 6.45) is 3.02. The largest absolute Gasteiger partial charge is 0.441 e. The Kier molecular flexibility index (Phi) is 5.36. The summed E-state index contributed by atoms with van der Waals surface area (Å²) in [6, 6.07) is 11.9. The zero-order valence-corrected chi connectivity index (χ0v) is 15.3. The van der Waals surface area contributed by atoms with Crippen molar-refractivity contribution in [2.24, 2.45) is 0 Å². The fourth-order valence-electron chi connectivity index (χ4n) is 2.42. The number of nitrogens with zero attached hydrogens (tertiary/aromatic N) is 1. The number of hydrogen-bond acceptors (Lipinski definition) is 5. The third-order valence-corrected chi connectivity index (χ3v) is 4.90. The number of aromatic nitrogens is 1. The Labute approximate surface area is 156 Å². The van der Waals surface area contributed by atoms with Crippen LogP contribution >= 0.6 is 0 Å². The van der Waals surface area contributed by atoms with Gasteiger partial charge in [0.1, 0.15) is 5.82 Å². The van der Waals surface area contributed by atoms with E-state index >= 15 is 0 Å². The minimum Gasteiger partial charge on any atom is -0.441 e. The highest BCUT2D eigenvalue weighted by atomic mass is 32.2. The number of carbonyl (C=O) groups excluding carboxylic acids is 1. The molecule has 3 rings (SSSR count). The van der Waals surface area contributed by atoms with Gasteiger partial charge >= 0.3 is 0 Å². The SMILES string of the molecule is CS(=O)(=O)c1cccc(NC(=O)CCc2ncc(-c3ccc(F)cc3)o2)c1. The molecule has 27 heavy (non-hydrogen) atoms. The number of hydrogen-bond donors (Lipinski definition) is 1. The molecule has 0 spiro atoms. The summed E-state index contributed by atoms with van der Waals surface area (Å²) in [7, 11) is -3.34. The lowest BCUT2D eigenvalue weighted by atomic mass is 10.2. The summed E-state index contributed by atoms with van der Waals surface area (Å²) < 4.78 is 41.7. The second-order valence-corrected chi connectivity index (χ2v) is 7.99. The maximum atomic E-state index is 13.0. The van der Waals surface area contributed by atoms with Crippen molar-refractivity contribution in [3.63, 3.8) is 0 Å². The number of benzene rings is 2. The van der Waals surface area contributed by atoms with Crippen molar-refractivity contribution in [1.29, 1.82) is 0 Å². The lowest BCUT2D eigenvalue weighted by Gasteiger charge is -2.06. The van der Waals surface area contributed by atoms with Crippen LogP contribution in [-0.4, -0.2) is 25.6 Å². The number of oxazole rings is 1. The molecule has 0 saturated heterocycles. The van der Waals surface area contributed by atoms with E-state index in [-0.39, 0.29) is 29.5 Å². The van der Waals surface area contributed by atoms with Crippen LogP contribution in [0.4, 0.5) is 10.1 Å². The van der Waals surface area contributed by atoms with Crippen LogP contribution in [0.5, 0.6) is 0 Å². The summed E-state index contributed by atoms with van der Waals surface area (Å²) in [5, 5.41) is 2.65. The molecule has 0 aliphatic rings. The second-order valence-electron chi connectivity index (χ2n) is 5.97. The monoisotopic (exact) mass is 388 g/mol. The first kappa shape index (κ1) is 18.8. The van der Waals surface area contributed by atoms with Crippen LogP contribution in [0.25, 0.3) is 11.3 Å². The van der Waals surface area contributed by atoms with Gasteiger partial charge in [-0.3, -0.25) is 4.79 Å². The zero-order valence-electron chi connectivity index (χ0n) is 14.5. The van der Waals surface area contributed by atoms with Crippen LogP contribution in [0.1, 0.15) is 12.3 Å². The Morgan fingerprint density at radius 3 is 2.63 bits per heavy atom. The molecule has 0 unspecified atom stereocenters. The number of carbonyl (C=O) groups is 1. The number of amides is 1. The number of rotatable bonds is 6. The fourth-order valence-corrected chi connectivity index (χ4v) is 3.09. The molecule has 6 nitrogen and oxygen atoms in total. The Hall–Kier alpha value is -3.00. The maximum Gasteiger partial charge on any atom is 0.224 e.